The molecule has 3 atom stereocenters. The van der Waals surface area contributed by atoms with Gasteiger partial charge in [-0.3, -0.25) is 4.79 Å². The zero-order valence-electron chi connectivity index (χ0n) is 12.7. The summed E-state index contributed by atoms with van der Waals surface area (Å²) in [6.45, 7) is 0.592. The minimum absolute atomic E-state index is 0.227. The van der Waals surface area contributed by atoms with Gasteiger partial charge < -0.3 is 11.1 Å². The van der Waals surface area contributed by atoms with E-state index in [4.69, 9.17) is 5.73 Å². The molecule has 2 saturated carbocycles. The van der Waals surface area contributed by atoms with Gasteiger partial charge in [-0.05, 0) is 48.8 Å². The van der Waals surface area contributed by atoms with Crippen LogP contribution in [-0.2, 0) is 11.3 Å². The van der Waals surface area contributed by atoms with E-state index >= 15 is 0 Å². The number of carbonyl (C=O) groups is 1. The molecule has 1 aromatic carbocycles. The lowest BCUT2D eigenvalue weighted by Gasteiger charge is -2.38. The van der Waals surface area contributed by atoms with Crippen LogP contribution < -0.4 is 11.1 Å². The van der Waals surface area contributed by atoms with Gasteiger partial charge in [-0.2, -0.15) is 0 Å². The first-order valence-corrected chi connectivity index (χ1v) is 8.34. The van der Waals surface area contributed by atoms with Gasteiger partial charge in [0.25, 0.3) is 0 Å². The molecular formula is C18H26N2O. The van der Waals surface area contributed by atoms with E-state index in [2.05, 4.69) is 5.32 Å². The van der Waals surface area contributed by atoms with Crippen LogP contribution >= 0.6 is 0 Å². The Morgan fingerprint density at radius 1 is 1.14 bits per heavy atom. The Hall–Kier alpha value is -1.51. The third kappa shape index (κ3) is 3.58. The third-order valence-corrected chi connectivity index (χ3v) is 5.33. The van der Waals surface area contributed by atoms with Crippen molar-refractivity contribution in [1.82, 2.24) is 5.32 Å². The molecule has 3 rings (SSSR count). The van der Waals surface area contributed by atoms with Gasteiger partial charge in [0.05, 0.1) is 0 Å². The van der Waals surface area contributed by atoms with Gasteiger partial charge in [0.15, 0.2) is 0 Å². The predicted octanol–water partition coefficient (Wildman–Crippen LogP) is 3.49. The molecule has 3 N–H and O–H groups in total. The predicted molar refractivity (Wildman–Crippen MR) is 85.5 cm³/mol. The van der Waals surface area contributed by atoms with E-state index in [9.17, 15) is 4.79 Å². The highest BCUT2D eigenvalue weighted by Gasteiger charge is 2.34. The lowest BCUT2D eigenvalue weighted by molar-refractivity contribution is -0.127. The van der Waals surface area contributed by atoms with Crippen molar-refractivity contribution in [3.05, 3.63) is 29.8 Å². The number of nitrogens with two attached hydrogens (primary N) is 1. The molecule has 3 nitrogen and oxygen atoms in total. The van der Waals surface area contributed by atoms with Crippen molar-refractivity contribution < 1.29 is 4.79 Å². The van der Waals surface area contributed by atoms with Crippen molar-refractivity contribution in [3.63, 3.8) is 0 Å². The summed E-state index contributed by atoms with van der Waals surface area (Å²) in [7, 11) is 0. The summed E-state index contributed by atoms with van der Waals surface area (Å²) in [5.41, 5.74) is 7.60. The summed E-state index contributed by atoms with van der Waals surface area (Å²) in [6.07, 6.45) is 8.91. The Morgan fingerprint density at radius 3 is 2.76 bits per heavy atom. The minimum atomic E-state index is 0.227. The zero-order chi connectivity index (χ0) is 14.7. The van der Waals surface area contributed by atoms with Crippen LogP contribution in [0.5, 0.6) is 0 Å². The Morgan fingerprint density at radius 2 is 1.95 bits per heavy atom. The number of fused-ring (bicyclic) bond motifs is 1. The summed E-state index contributed by atoms with van der Waals surface area (Å²) in [4.78, 5) is 12.4. The van der Waals surface area contributed by atoms with Crippen molar-refractivity contribution in [2.24, 2.45) is 17.8 Å². The fraction of sp³-hybridized carbons (Fsp3) is 0.611. The van der Waals surface area contributed by atoms with Crippen LogP contribution in [0.1, 0.15) is 50.5 Å². The van der Waals surface area contributed by atoms with Gasteiger partial charge in [0, 0.05) is 18.2 Å². The molecule has 2 fully saturated rings. The average Bonchev–Trinajstić information content (AvgIpc) is 2.52. The molecule has 3 unspecified atom stereocenters. The molecule has 0 heterocycles. The quantitative estimate of drug-likeness (QED) is 0.836. The number of benzene rings is 1. The summed E-state index contributed by atoms with van der Waals surface area (Å²) in [6, 6.07) is 7.74. The van der Waals surface area contributed by atoms with Gasteiger partial charge in [-0.25, -0.2) is 0 Å². The number of hydrogen-bond donors (Lipinski definition) is 2. The van der Waals surface area contributed by atoms with Crippen LogP contribution in [0.25, 0.3) is 0 Å². The molecule has 0 aromatic heterocycles. The first-order valence-electron chi connectivity index (χ1n) is 8.34. The van der Waals surface area contributed by atoms with E-state index in [-0.39, 0.29) is 11.8 Å². The number of anilines is 1. The van der Waals surface area contributed by atoms with Gasteiger partial charge in [-0.15, -0.1) is 0 Å². The standard InChI is InChI=1S/C18H26N2O/c19-17-7-3-4-13(10-17)12-20-18(21)16-9-8-14-5-1-2-6-15(14)11-16/h3-4,7,10,14-16H,1-2,5-6,8-9,11-12,19H2,(H,20,21). The second-order valence-electron chi connectivity index (χ2n) is 6.78. The molecule has 2 aliphatic carbocycles. The first kappa shape index (κ1) is 14.4. The van der Waals surface area contributed by atoms with E-state index in [1.807, 2.05) is 24.3 Å². The molecule has 0 radical (unpaired) electrons. The van der Waals surface area contributed by atoms with E-state index in [0.717, 1.165) is 35.9 Å². The van der Waals surface area contributed by atoms with Gasteiger partial charge in [0.2, 0.25) is 5.91 Å². The fourth-order valence-corrected chi connectivity index (χ4v) is 4.15. The zero-order valence-corrected chi connectivity index (χ0v) is 12.7. The van der Waals surface area contributed by atoms with E-state index < -0.39 is 0 Å². The molecule has 3 heteroatoms. The highest BCUT2D eigenvalue weighted by molar-refractivity contribution is 5.78. The lowest BCUT2D eigenvalue weighted by Crippen LogP contribution is -2.37. The summed E-state index contributed by atoms with van der Waals surface area (Å²) in [5, 5.41) is 3.10. The van der Waals surface area contributed by atoms with E-state index in [1.165, 1.54) is 32.1 Å². The van der Waals surface area contributed by atoms with Crippen molar-refractivity contribution in [1.29, 1.82) is 0 Å². The Kier molecular flexibility index (Phi) is 4.47. The summed E-state index contributed by atoms with van der Waals surface area (Å²) < 4.78 is 0. The Balaban J connectivity index is 1.51. The van der Waals surface area contributed by atoms with Gasteiger partial charge >= 0.3 is 0 Å². The lowest BCUT2D eigenvalue weighted by atomic mass is 9.67. The molecule has 114 valence electrons. The van der Waals surface area contributed by atoms with Crippen LogP contribution in [0, 0.1) is 17.8 Å². The molecule has 21 heavy (non-hydrogen) atoms. The largest absolute Gasteiger partial charge is 0.399 e. The van der Waals surface area contributed by atoms with Crippen molar-refractivity contribution in [2.45, 2.75) is 51.5 Å². The first-order chi connectivity index (χ1) is 10.2. The van der Waals surface area contributed by atoms with Gasteiger partial charge in [0.1, 0.15) is 0 Å². The number of nitrogens with one attached hydrogen (secondary N) is 1. The topological polar surface area (TPSA) is 55.1 Å². The molecule has 1 aromatic rings. The van der Waals surface area contributed by atoms with Crippen molar-refractivity contribution >= 4 is 11.6 Å². The van der Waals surface area contributed by atoms with Crippen LogP contribution in [0.4, 0.5) is 5.69 Å². The number of nitrogen functional groups attached to an aromatic ring is 1. The maximum absolute atomic E-state index is 12.4. The molecule has 0 saturated heterocycles. The average molecular weight is 286 g/mol. The Labute approximate surface area is 127 Å². The number of amides is 1. The third-order valence-electron chi connectivity index (χ3n) is 5.33. The van der Waals surface area contributed by atoms with Crippen molar-refractivity contribution in [3.8, 4) is 0 Å². The molecule has 0 bridgehead atoms. The number of hydrogen-bond acceptors (Lipinski definition) is 2. The molecule has 0 spiro atoms. The highest BCUT2D eigenvalue weighted by atomic mass is 16.1. The van der Waals surface area contributed by atoms with Crippen LogP contribution in [-0.4, -0.2) is 5.91 Å². The maximum atomic E-state index is 12.4. The normalized spacial score (nSPS) is 28.7. The molecule has 1 amide bonds. The van der Waals surface area contributed by atoms with Crippen molar-refractivity contribution in [2.75, 3.05) is 5.73 Å². The highest BCUT2D eigenvalue weighted by Crippen LogP contribution is 2.42. The van der Waals surface area contributed by atoms with Crippen LogP contribution in [0.2, 0.25) is 0 Å². The number of carbonyl (C=O) groups excluding carboxylic acids is 1. The second kappa shape index (κ2) is 6.50. The van der Waals surface area contributed by atoms with E-state index in [1.54, 1.807) is 0 Å². The SMILES string of the molecule is Nc1cccc(CNC(=O)C2CCC3CCCCC3C2)c1. The smallest absolute Gasteiger partial charge is 0.223 e. The monoisotopic (exact) mass is 286 g/mol. The summed E-state index contributed by atoms with van der Waals surface area (Å²) in [5.74, 6) is 2.17. The fourth-order valence-electron chi connectivity index (χ4n) is 4.15. The second-order valence-corrected chi connectivity index (χ2v) is 6.78. The Bertz CT molecular complexity index is 500. The van der Waals surface area contributed by atoms with E-state index in [0.29, 0.717) is 6.54 Å². The summed E-state index contributed by atoms with van der Waals surface area (Å²) >= 11 is 0. The molecular weight excluding hydrogens is 260 g/mol. The molecule has 0 aliphatic heterocycles. The van der Waals surface area contributed by atoms with Crippen LogP contribution in [0.15, 0.2) is 24.3 Å². The number of rotatable bonds is 3. The maximum Gasteiger partial charge on any atom is 0.223 e. The molecule has 2 aliphatic rings. The van der Waals surface area contributed by atoms with Crippen LogP contribution in [0.3, 0.4) is 0 Å². The van der Waals surface area contributed by atoms with Gasteiger partial charge in [-0.1, -0.05) is 37.8 Å². The minimum Gasteiger partial charge on any atom is -0.399 e.